The van der Waals surface area contributed by atoms with Gasteiger partial charge in [-0.25, -0.2) is 0 Å². The van der Waals surface area contributed by atoms with Crippen molar-refractivity contribution in [2.75, 3.05) is 12.4 Å². The molecule has 84 valence electrons. The van der Waals surface area contributed by atoms with Crippen LogP contribution in [0, 0.1) is 0 Å². The van der Waals surface area contributed by atoms with Crippen LogP contribution in [0.2, 0.25) is 0 Å². The maximum absolute atomic E-state index is 12.1. The highest BCUT2D eigenvalue weighted by Gasteiger charge is 2.19. The molecule has 1 atom stereocenters. The summed E-state index contributed by atoms with van der Waals surface area (Å²) in [5, 5.41) is 2.79. The van der Waals surface area contributed by atoms with Gasteiger partial charge in [-0.3, -0.25) is 4.79 Å². The van der Waals surface area contributed by atoms with E-state index in [0.29, 0.717) is 0 Å². The van der Waals surface area contributed by atoms with Crippen LogP contribution >= 0.6 is 27.3 Å². The first-order valence-corrected chi connectivity index (χ1v) is 7.01. The fourth-order valence-electron chi connectivity index (χ4n) is 1.27. The van der Waals surface area contributed by atoms with Crippen molar-refractivity contribution in [3.05, 3.63) is 21.9 Å². The van der Waals surface area contributed by atoms with Crippen molar-refractivity contribution in [1.82, 2.24) is 4.90 Å². The molecule has 0 bridgehead atoms. The molecule has 1 rings (SSSR count). The first-order chi connectivity index (χ1) is 7.11. The average Bonchev–Trinajstić information content (AvgIpc) is 2.73. The number of rotatable bonds is 4. The van der Waals surface area contributed by atoms with Gasteiger partial charge < -0.3 is 4.90 Å². The molecule has 1 aromatic heterocycles. The van der Waals surface area contributed by atoms with Gasteiger partial charge in [0.2, 0.25) is 0 Å². The molecule has 0 aromatic carbocycles. The highest BCUT2D eigenvalue weighted by molar-refractivity contribution is 9.09. The lowest BCUT2D eigenvalue weighted by atomic mass is 10.2. The zero-order chi connectivity index (χ0) is 11.4. The molecular weight excluding hydrogens is 274 g/mol. The molecule has 1 amide bonds. The SMILES string of the molecule is CCc1ccsc1C(=O)N(C)C(C)CBr. The second kappa shape index (κ2) is 5.66. The molecule has 1 aromatic rings. The molecule has 1 heterocycles. The van der Waals surface area contributed by atoms with E-state index in [-0.39, 0.29) is 11.9 Å². The van der Waals surface area contributed by atoms with Gasteiger partial charge in [0.25, 0.3) is 5.91 Å². The van der Waals surface area contributed by atoms with Crippen molar-refractivity contribution >= 4 is 33.2 Å². The molecule has 4 heteroatoms. The quantitative estimate of drug-likeness (QED) is 0.780. The number of hydrogen-bond donors (Lipinski definition) is 0. The number of carbonyl (C=O) groups excluding carboxylic acids is 1. The summed E-state index contributed by atoms with van der Waals surface area (Å²) in [6.45, 7) is 4.11. The zero-order valence-electron chi connectivity index (χ0n) is 9.29. The van der Waals surface area contributed by atoms with Crippen molar-refractivity contribution in [3.63, 3.8) is 0 Å². The summed E-state index contributed by atoms with van der Waals surface area (Å²) in [6.07, 6.45) is 0.918. The Bertz CT molecular complexity index is 337. The van der Waals surface area contributed by atoms with Crippen LogP contribution in [0.4, 0.5) is 0 Å². The maximum atomic E-state index is 12.1. The summed E-state index contributed by atoms with van der Waals surface area (Å²) in [4.78, 5) is 14.8. The number of halogens is 1. The maximum Gasteiger partial charge on any atom is 0.264 e. The summed E-state index contributed by atoms with van der Waals surface area (Å²) >= 11 is 4.92. The minimum atomic E-state index is 0.133. The fraction of sp³-hybridized carbons (Fsp3) is 0.545. The fourth-order valence-corrected chi connectivity index (χ4v) is 2.68. The largest absolute Gasteiger partial charge is 0.337 e. The van der Waals surface area contributed by atoms with Crippen LogP contribution in [-0.4, -0.2) is 29.2 Å². The van der Waals surface area contributed by atoms with Gasteiger partial charge in [0.15, 0.2) is 0 Å². The van der Waals surface area contributed by atoms with Gasteiger partial charge >= 0.3 is 0 Å². The topological polar surface area (TPSA) is 20.3 Å². The third-order valence-electron chi connectivity index (χ3n) is 2.53. The summed E-state index contributed by atoms with van der Waals surface area (Å²) in [6, 6.07) is 2.26. The lowest BCUT2D eigenvalue weighted by Gasteiger charge is -2.23. The average molecular weight is 290 g/mol. The molecule has 0 N–H and O–H groups in total. The van der Waals surface area contributed by atoms with Gasteiger partial charge in [0.1, 0.15) is 0 Å². The number of thiophene rings is 1. The Hall–Kier alpha value is -0.350. The minimum Gasteiger partial charge on any atom is -0.337 e. The van der Waals surface area contributed by atoms with E-state index in [1.165, 1.54) is 11.3 Å². The molecule has 0 saturated carbocycles. The second-order valence-corrected chi connectivity index (χ2v) is 5.11. The van der Waals surface area contributed by atoms with Crippen molar-refractivity contribution in [2.24, 2.45) is 0 Å². The van der Waals surface area contributed by atoms with E-state index >= 15 is 0 Å². The zero-order valence-corrected chi connectivity index (χ0v) is 11.7. The van der Waals surface area contributed by atoms with Gasteiger partial charge in [-0.1, -0.05) is 22.9 Å². The number of carbonyl (C=O) groups is 1. The molecule has 0 aliphatic carbocycles. The predicted octanol–water partition coefficient (Wildman–Crippen LogP) is 3.17. The van der Waals surface area contributed by atoms with Crippen LogP contribution in [0.25, 0.3) is 0 Å². The van der Waals surface area contributed by atoms with Crippen LogP contribution in [0.15, 0.2) is 11.4 Å². The molecule has 15 heavy (non-hydrogen) atoms. The van der Waals surface area contributed by atoms with Gasteiger partial charge in [-0.15, -0.1) is 11.3 Å². The Morgan fingerprint density at radius 3 is 2.87 bits per heavy atom. The predicted molar refractivity (Wildman–Crippen MR) is 69.0 cm³/mol. The lowest BCUT2D eigenvalue weighted by molar-refractivity contribution is 0.0762. The molecule has 0 aliphatic heterocycles. The first kappa shape index (κ1) is 12.7. The number of alkyl halides is 1. The molecule has 0 fully saturated rings. The molecular formula is C11H16BrNOS. The third kappa shape index (κ3) is 2.82. The number of aryl methyl sites for hydroxylation is 1. The summed E-state index contributed by atoms with van der Waals surface area (Å²) < 4.78 is 0. The summed E-state index contributed by atoms with van der Waals surface area (Å²) in [7, 11) is 1.85. The van der Waals surface area contributed by atoms with E-state index in [9.17, 15) is 4.79 Å². The Kier molecular flexibility index (Phi) is 4.80. The Labute approximate surface area is 103 Å². The Morgan fingerprint density at radius 1 is 1.67 bits per heavy atom. The molecule has 2 nitrogen and oxygen atoms in total. The Morgan fingerprint density at radius 2 is 2.33 bits per heavy atom. The van der Waals surface area contributed by atoms with E-state index in [1.807, 2.05) is 25.4 Å². The Balaban J connectivity index is 2.84. The number of nitrogens with zero attached hydrogens (tertiary/aromatic N) is 1. The molecule has 0 radical (unpaired) electrons. The smallest absolute Gasteiger partial charge is 0.264 e. The van der Waals surface area contributed by atoms with Crippen molar-refractivity contribution in [3.8, 4) is 0 Å². The molecule has 1 unspecified atom stereocenters. The summed E-state index contributed by atoms with van der Waals surface area (Å²) in [5.41, 5.74) is 1.15. The second-order valence-electron chi connectivity index (χ2n) is 3.55. The van der Waals surface area contributed by atoms with Crippen LogP contribution < -0.4 is 0 Å². The van der Waals surface area contributed by atoms with E-state index in [4.69, 9.17) is 0 Å². The van der Waals surface area contributed by atoms with Gasteiger partial charge in [-0.2, -0.15) is 0 Å². The third-order valence-corrected chi connectivity index (χ3v) is 4.41. The normalized spacial score (nSPS) is 12.5. The van der Waals surface area contributed by atoms with Crippen LogP contribution in [-0.2, 0) is 6.42 Å². The number of amides is 1. The van der Waals surface area contributed by atoms with Gasteiger partial charge in [-0.05, 0) is 30.4 Å². The molecule has 0 spiro atoms. The van der Waals surface area contributed by atoms with E-state index < -0.39 is 0 Å². The first-order valence-electron chi connectivity index (χ1n) is 5.01. The van der Waals surface area contributed by atoms with E-state index in [0.717, 1.165) is 22.2 Å². The van der Waals surface area contributed by atoms with Crippen LogP contribution in [0.3, 0.4) is 0 Å². The summed E-state index contributed by atoms with van der Waals surface area (Å²) in [5.74, 6) is 0.133. The highest BCUT2D eigenvalue weighted by Crippen LogP contribution is 2.20. The highest BCUT2D eigenvalue weighted by atomic mass is 79.9. The molecule has 0 aliphatic rings. The van der Waals surface area contributed by atoms with Crippen molar-refractivity contribution in [2.45, 2.75) is 26.3 Å². The van der Waals surface area contributed by atoms with Gasteiger partial charge in [0, 0.05) is 18.4 Å². The number of hydrogen-bond acceptors (Lipinski definition) is 2. The van der Waals surface area contributed by atoms with E-state index in [1.54, 1.807) is 4.90 Å². The van der Waals surface area contributed by atoms with Crippen molar-refractivity contribution < 1.29 is 4.79 Å². The van der Waals surface area contributed by atoms with Crippen LogP contribution in [0.5, 0.6) is 0 Å². The minimum absolute atomic E-state index is 0.133. The standard InChI is InChI=1S/C11H16BrNOS/c1-4-9-5-6-15-10(9)11(14)13(3)8(2)7-12/h5-6,8H,4,7H2,1-3H3. The van der Waals surface area contributed by atoms with E-state index in [2.05, 4.69) is 22.9 Å². The van der Waals surface area contributed by atoms with Crippen molar-refractivity contribution in [1.29, 1.82) is 0 Å². The van der Waals surface area contributed by atoms with Crippen LogP contribution in [0.1, 0.15) is 29.1 Å². The van der Waals surface area contributed by atoms with Gasteiger partial charge in [0.05, 0.1) is 4.88 Å². The lowest BCUT2D eigenvalue weighted by Crippen LogP contribution is -2.36. The molecule has 0 saturated heterocycles. The monoisotopic (exact) mass is 289 g/mol.